The molecule has 0 aliphatic heterocycles. The minimum Gasteiger partial charge on any atom is -0.194 e. The monoisotopic (exact) mass is 163 g/mol. The zero-order chi connectivity index (χ0) is 8.32. The molecule has 60 valence electrons. The Hall–Kier alpha value is -0.693. The van der Waals surface area contributed by atoms with Crippen molar-refractivity contribution >= 4 is 8.07 Å². The van der Waals surface area contributed by atoms with Crippen LogP contribution in [0.15, 0.2) is 30.3 Å². The van der Waals surface area contributed by atoms with Gasteiger partial charge >= 0.3 is 0 Å². The van der Waals surface area contributed by atoms with Gasteiger partial charge in [0.15, 0.2) is 0 Å². The van der Waals surface area contributed by atoms with E-state index >= 15 is 0 Å². The molecule has 0 saturated heterocycles. The van der Waals surface area contributed by atoms with E-state index in [0.29, 0.717) is 0 Å². The Morgan fingerprint density at radius 3 is 2.00 bits per heavy atom. The quantitative estimate of drug-likeness (QED) is 0.464. The molecule has 0 spiro atoms. The fraction of sp³-hybridized carbons (Fsp3) is 0.300. The van der Waals surface area contributed by atoms with Gasteiger partial charge in [0.25, 0.3) is 0 Å². The Balaban J connectivity index is 2.66. The van der Waals surface area contributed by atoms with E-state index in [4.69, 9.17) is 0 Å². The van der Waals surface area contributed by atoms with Crippen molar-refractivity contribution in [2.45, 2.75) is 19.6 Å². The normalized spacial score (nSPS) is 11.2. The molecule has 0 amide bonds. The molecule has 0 atom stereocenters. The average molecular weight is 163 g/mol. The second kappa shape index (κ2) is 3.14. The standard InChI is InChI=1S/C10H15Si/c1-11(2,3)9-10-7-5-4-6-8-10/h4-9H,1-3H3/q-1. The maximum atomic E-state index is 2.41. The summed E-state index contributed by atoms with van der Waals surface area (Å²) in [4.78, 5) is 0. The van der Waals surface area contributed by atoms with Crippen molar-refractivity contribution in [2.24, 2.45) is 0 Å². The number of benzene rings is 1. The van der Waals surface area contributed by atoms with E-state index in [2.05, 4.69) is 56.0 Å². The van der Waals surface area contributed by atoms with Crippen molar-refractivity contribution in [3.63, 3.8) is 0 Å². The number of rotatable bonds is 2. The van der Waals surface area contributed by atoms with E-state index in [-0.39, 0.29) is 0 Å². The molecule has 1 aromatic rings. The molecule has 1 rings (SSSR count). The molecule has 1 aromatic carbocycles. The molecular weight excluding hydrogens is 148 g/mol. The Bertz CT molecular complexity index is 208. The highest BCUT2D eigenvalue weighted by Crippen LogP contribution is 2.12. The van der Waals surface area contributed by atoms with Gasteiger partial charge in [0, 0.05) is 8.07 Å². The van der Waals surface area contributed by atoms with Gasteiger partial charge in [-0.3, -0.25) is 0 Å². The van der Waals surface area contributed by atoms with Crippen LogP contribution in [-0.4, -0.2) is 8.07 Å². The van der Waals surface area contributed by atoms with Crippen molar-refractivity contribution < 1.29 is 0 Å². The highest BCUT2D eigenvalue weighted by atomic mass is 28.3. The highest BCUT2D eigenvalue weighted by molar-refractivity contribution is 6.80. The van der Waals surface area contributed by atoms with Crippen LogP contribution in [0.5, 0.6) is 0 Å². The second-order valence-electron chi connectivity index (χ2n) is 3.92. The summed E-state index contributed by atoms with van der Waals surface area (Å²) in [6.07, 6.45) is 0. The maximum Gasteiger partial charge on any atom is 0.00840 e. The van der Waals surface area contributed by atoms with E-state index < -0.39 is 8.07 Å². The molecule has 0 aliphatic carbocycles. The molecule has 0 bridgehead atoms. The predicted octanol–water partition coefficient (Wildman–Crippen LogP) is 3.12. The summed E-state index contributed by atoms with van der Waals surface area (Å²) in [5, 5.41) is 0. The molecule has 0 radical (unpaired) electrons. The first-order valence-electron chi connectivity index (χ1n) is 3.99. The Morgan fingerprint density at radius 2 is 1.55 bits per heavy atom. The summed E-state index contributed by atoms with van der Waals surface area (Å²) in [6.45, 7) is 7.04. The third-order valence-corrected chi connectivity index (χ3v) is 2.60. The van der Waals surface area contributed by atoms with E-state index in [1.807, 2.05) is 0 Å². The molecule has 0 saturated carbocycles. The van der Waals surface area contributed by atoms with Gasteiger partial charge in [0.2, 0.25) is 0 Å². The van der Waals surface area contributed by atoms with Crippen LogP contribution in [0.1, 0.15) is 5.56 Å². The van der Waals surface area contributed by atoms with Crippen LogP contribution in [0.2, 0.25) is 19.6 Å². The zero-order valence-electron chi connectivity index (χ0n) is 7.46. The summed E-state index contributed by atoms with van der Waals surface area (Å²) < 4.78 is 0. The predicted molar refractivity (Wildman–Crippen MR) is 53.2 cm³/mol. The van der Waals surface area contributed by atoms with Crippen LogP contribution in [0.25, 0.3) is 0 Å². The first-order valence-corrected chi connectivity index (χ1v) is 7.57. The van der Waals surface area contributed by atoms with Gasteiger partial charge in [-0.2, -0.15) is 23.7 Å². The molecule has 1 heteroatoms. The molecule has 0 heterocycles. The van der Waals surface area contributed by atoms with Gasteiger partial charge in [-0.15, -0.1) is 12.1 Å². The fourth-order valence-corrected chi connectivity index (χ4v) is 2.24. The Labute approximate surface area is 70.3 Å². The SMILES string of the molecule is C[Si](C)(C)[CH-]c1ccccc1. The lowest BCUT2D eigenvalue weighted by molar-refractivity contribution is 1.52. The number of hydrogen-bond donors (Lipinski definition) is 0. The summed E-state index contributed by atoms with van der Waals surface area (Å²) in [6, 6.07) is 13.0. The van der Waals surface area contributed by atoms with E-state index in [1.165, 1.54) is 5.56 Å². The molecule has 0 fully saturated rings. The largest absolute Gasteiger partial charge is 0.194 e. The summed E-state index contributed by atoms with van der Waals surface area (Å²) in [7, 11) is -1.02. The topological polar surface area (TPSA) is 0 Å². The lowest BCUT2D eigenvalue weighted by Gasteiger charge is -2.22. The molecule has 11 heavy (non-hydrogen) atoms. The van der Waals surface area contributed by atoms with Crippen LogP contribution < -0.4 is 0 Å². The van der Waals surface area contributed by atoms with E-state index in [9.17, 15) is 0 Å². The summed E-state index contributed by atoms with van der Waals surface area (Å²) in [5.41, 5.74) is 1.37. The smallest absolute Gasteiger partial charge is 0.00840 e. The molecule has 0 aliphatic rings. The van der Waals surface area contributed by atoms with E-state index in [1.54, 1.807) is 0 Å². The second-order valence-corrected chi connectivity index (χ2v) is 8.94. The van der Waals surface area contributed by atoms with Gasteiger partial charge < -0.3 is 0 Å². The van der Waals surface area contributed by atoms with Crippen LogP contribution >= 0.6 is 0 Å². The van der Waals surface area contributed by atoms with Gasteiger partial charge in [0.05, 0.1) is 0 Å². The van der Waals surface area contributed by atoms with Gasteiger partial charge in [-0.25, -0.2) is 0 Å². The molecular formula is C10H15Si-. The first-order chi connectivity index (χ1) is 5.08. The highest BCUT2D eigenvalue weighted by Gasteiger charge is 2.06. The molecule has 0 N–H and O–H groups in total. The average Bonchev–Trinajstić information content (AvgIpc) is 1.85. The van der Waals surface area contributed by atoms with Gasteiger partial charge in [-0.1, -0.05) is 25.7 Å². The maximum absolute atomic E-state index is 2.41. The molecule has 0 aromatic heterocycles. The van der Waals surface area contributed by atoms with Crippen LogP contribution in [0, 0.1) is 6.04 Å². The summed E-state index contributed by atoms with van der Waals surface area (Å²) in [5.74, 6) is 0. The first kappa shape index (κ1) is 8.40. The Morgan fingerprint density at radius 1 is 1.00 bits per heavy atom. The minimum absolute atomic E-state index is 1.02. The third kappa shape index (κ3) is 3.28. The van der Waals surface area contributed by atoms with Crippen molar-refractivity contribution in [2.75, 3.05) is 0 Å². The van der Waals surface area contributed by atoms with Gasteiger partial charge in [-0.05, 0) is 0 Å². The Kier molecular flexibility index (Phi) is 2.40. The molecule has 0 nitrogen and oxygen atoms in total. The van der Waals surface area contributed by atoms with Gasteiger partial charge in [0.1, 0.15) is 0 Å². The lowest BCUT2D eigenvalue weighted by Crippen LogP contribution is -2.21. The lowest BCUT2D eigenvalue weighted by atomic mass is 10.2. The van der Waals surface area contributed by atoms with Crippen LogP contribution in [-0.2, 0) is 0 Å². The summed E-state index contributed by atoms with van der Waals surface area (Å²) >= 11 is 0. The van der Waals surface area contributed by atoms with Crippen LogP contribution in [0.3, 0.4) is 0 Å². The number of hydrogen-bond acceptors (Lipinski definition) is 0. The van der Waals surface area contributed by atoms with Crippen molar-refractivity contribution in [1.82, 2.24) is 0 Å². The van der Waals surface area contributed by atoms with Crippen LogP contribution in [0.4, 0.5) is 0 Å². The van der Waals surface area contributed by atoms with Crippen molar-refractivity contribution in [3.05, 3.63) is 41.9 Å². The molecule has 0 unspecified atom stereocenters. The third-order valence-electron chi connectivity index (χ3n) is 1.40. The minimum atomic E-state index is -1.02. The van der Waals surface area contributed by atoms with Crippen molar-refractivity contribution in [3.8, 4) is 0 Å². The zero-order valence-corrected chi connectivity index (χ0v) is 8.46. The van der Waals surface area contributed by atoms with E-state index in [0.717, 1.165) is 0 Å². The fourth-order valence-electron chi connectivity index (χ4n) is 1.05. The van der Waals surface area contributed by atoms with Crippen molar-refractivity contribution in [1.29, 1.82) is 0 Å².